The van der Waals surface area contributed by atoms with Gasteiger partial charge in [-0.25, -0.2) is 9.97 Å². The average molecular weight is 464 g/mol. The van der Waals surface area contributed by atoms with E-state index in [9.17, 15) is 22.8 Å². The fraction of sp³-hybridized carbons (Fsp3) is 0.300. The van der Waals surface area contributed by atoms with Crippen molar-refractivity contribution in [3.63, 3.8) is 0 Å². The van der Waals surface area contributed by atoms with E-state index in [4.69, 9.17) is 11.5 Å². The van der Waals surface area contributed by atoms with Crippen LogP contribution in [0.5, 0.6) is 0 Å². The van der Waals surface area contributed by atoms with Crippen molar-refractivity contribution in [2.75, 3.05) is 18.4 Å². The third kappa shape index (κ3) is 4.41. The standard InChI is InChI=1S/C20H19F3N6O2S/c21-20(22,23)14-3-6-26-17(28-14)15(16(25)30)18-27-12-2-1-10(9-13(12)32-18)19(31)29-7-4-11(24)5-8-29/h1-3,6,9,11,27H,4-5,7-8,24H2,(H2,25,30)/b18-15-. The number of carbonyl (C=O) groups is 2. The maximum absolute atomic E-state index is 13.0. The highest BCUT2D eigenvalue weighted by molar-refractivity contribution is 8.04. The number of hydrogen-bond acceptors (Lipinski definition) is 7. The average Bonchev–Trinajstić information content (AvgIpc) is 3.15. The number of hydrogen-bond donors (Lipinski definition) is 3. The smallest absolute Gasteiger partial charge is 0.365 e. The third-order valence-electron chi connectivity index (χ3n) is 5.16. The maximum Gasteiger partial charge on any atom is 0.433 e. The second-order valence-corrected chi connectivity index (χ2v) is 8.45. The number of amides is 2. The summed E-state index contributed by atoms with van der Waals surface area (Å²) in [6.45, 7) is 1.15. The molecule has 1 aromatic heterocycles. The van der Waals surface area contributed by atoms with Crippen LogP contribution in [0.15, 0.2) is 40.4 Å². The van der Waals surface area contributed by atoms with Gasteiger partial charge in [0.15, 0.2) is 5.82 Å². The summed E-state index contributed by atoms with van der Waals surface area (Å²) in [5.41, 5.74) is 10.9. The second kappa shape index (κ2) is 8.43. The quantitative estimate of drug-likeness (QED) is 0.596. The van der Waals surface area contributed by atoms with Gasteiger partial charge in [-0.3, -0.25) is 9.59 Å². The van der Waals surface area contributed by atoms with Crippen LogP contribution in [0.1, 0.15) is 34.7 Å². The Kier molecular flexibility index (Phi) is 5.82. The van der Waals surface area contributed by atoms with E-state index in [1.54, 1.807) is 23.1 Å². The highest BCUT2D eigenvalue weighted by atomic mass is 32.2. The zero-order valence-corrected chi connectivity index (χ0v) is 17.5. The molecule has 1 saturated heterocycles. The summed E-state index contributed by atoms with van der Waals surface area (Å²) in [6, 6.07) is 5.79. The van der Waals surface area contributed by atoms with Gasteiger partial charge in [0, 0.05) is 35.8 Å². The molecule has 2 aromatic rings. The Morgan fingerprint density at radius 1 is 1.19 bits per heavy atom. The van der Waals surface area contributed by atoms with Crippen LogP contribution in [0.25, 0.3) is 5.57 Å². The molecular formula is C20H19F3N6O2S. The molecule has 5 N–H and O–H groups in total. The molecule has 0 spiro atoms. The Balaban J connectivity index is 1.63. The zero-order chi connectivity index (χ0) is 23.0. The van der Waals surface area contributed by atoms with Crippen LogP contribution >= 0.6 is 11.8 Å². The Bertz CT molecular complexity index is 1110. The Labute approximate surface area is 185 Å². The lowest BCUT2D eigenvalue weighted by atomic mass is 10.0. The fourth-order valence-corrected chi connectivity index (χ4v) is 4.55. The van der Waals surface area contributed by atoms with Crippen LogP contribution in [-0.2, 0) is 11.0 Å². The topological polar surface area (TPSA) is 127 Å². The van der Waals surface area contributed by atoms with E-state index < -0.39 is 23.6 Å². The van der Waals surface area contributed by atoms with Gasteiger partial charge in [0.25, 0.3) is 11.8 Å². The van der Waals surface area contributed by atoms with Gasteiger partial charge in [0.1, 0.15) is 11.3 Å². The monoisotopic (exact) mass is 464 g/mol. The van der Waals surface area contributed by atoms with Gasteiger partial charge in [0.2, 0.25) is 0 Å². The van der Waals surface area contributed by atoms with E-state index in [0.717, 1.165) is 30.8 Å². The Hall–Kier alpha value is -3.12. The van der Waals surface area contributed by atoms with Crippen LogP contribution in [0.4, 0.5) is 18.9 Å². The van der Waals surface area contributed by atoms with Gasteiger partial charge < -0.3 is 21.7 Å². The summed E-state index contributed by atoms with van der Waals surface area (Å²) in [5.74, 6) is -1.54. The molecule has 12 heteroatoms. The molecule has 32 heavy (non-hydrogen) atoms. The number of rotatable bonds is 3. The van der Waals surface area contributed by atoms with Gasteiger partial charge >= 0.3 is 6.18 Å². The molecule has 0 aliphatic carbocycles. The first kappa shape index (κ1) is 22.1. The first-order valence-corrected chi connectivity index (χ1v) is 10.5. The molecule has 1 aromatic carbocycles. The van der Waals surface area contributed by atoms with Crippen molar-refractivity contribution >= 4 is 34.8 Å². The summed E-state index contributed by atoms with van der Waals surface area (Å²) in [5, 5.41) is 3.16. The lowest BCUT2D eigenvalue weighted by Gasteiger charge is -2.30. The molecule has 2 aliphatic heterocycles. The summed E-state index contributed by atoms with van der Waals surface area (Å²) in [7, 11) is 0. The van der Waals surface area contributed by atoms with Gasteiger partial charge in [-0.05, 0) is 37.1 Å². The number of nitrogens with one attached hydrogen (secondary N) is 1. The number of primary amides is 1. The third-order valence-corrected chi connectivity index (χ3v) is 6.23. The normalized spacial score (nSPS) is 18.2. The number of piperidine rings is 1. The van der Waals surface area contributed by atoms with Crippen molar-refractivity contribution in [1.82, 2.24) is 14.9 Å². The van der Waals surface area contributed by atoms with E-state index >= 15 is 0 Å². The number of carbonyl (C=O) groups excluding carboxylic acids is 2. The number of nitrogens with zero attached hydrogens (tertiary/aromatic N) is 3. The minimum atomic E-state index is -4.70. The lowest BCUT2D eigenvalue weighted by Crippen LogP contribution is -2.42. The molecule has 0 radical (unpaired) electrons. The largest absolute Gasteiger partial charge is 0.433 e. The number of alkyl halides is 3. The first-order valence-electron chi connectivity index (χ1n) is 9.72. The Morgan fingerprint density at radius 2 is 1.91 bits per heavy atom. The second-order valence-electron chi connectivity index (χ2n) is 7.40. The summed E-state index contributed by atoms with van der Waals surface area (Å²) in [4.78, 5) is 34.5. The lowest BCUT2D eigenvalue weighted by molar-refractivity contribution is -0.141. The summed E-state index contributed by atoms with van der Waals surface area (Å²) >= 11 is 1.08. The number of halogens is 3. The molecule has 168 valence electrons. The van der Waals surface area contributed by atoms with E-state index in [-0.39, 0.29) is 22.6 Å². The predicted octanol–water partition coefficient (Wildman–Crippen LogP) is 2.43. The molecule has 0 saturated carbocycles. The maximum atomic E-state index is 13.0. The molecule has 4 rings (SSSR count). The van der Waals surface area contributed by atoms with Crippen LogP contribution < -0.4 is 16.8 Å². The van der Waals surface area contributed by atoms with E-state index in [1.165, 1.54) is 0 Å². The minimum Gasteiger partial charge on any atom is -0.365 e. The molecule has 2 amide bonds. The van der Waals surface area contributed by atoms with Gasteiger partial charge in [0.05, 0.1) is 10.7 Å². The molecular weight excluding hydrogens is 445 g/mol. The summed E-state index contributed by atoms with van der Waals surface area (Å²) in [6.07, 6.45) is -2.31. The van der Waals surface area contributed by atoms with Crippen molar-refractivity contribution in [3.05, 3.63) is 52.6 Å². The van der Waals surface area contributed by atoms with E-state index in [1.807, 2.05) is 0 Å². The minimum absolute atomic E-state index is 0.0943. The van der Waals surface area contributed by atoms with Crippen LogP contribution in [0.3, 0.4) is 0 Å². The SMILES string of the molecule is NC(=O)/C(=C1\Nc2ccc(C(=O)N3CCC(N)CC3)cc2S1)c1nccc(C(F)(F)F)n1. The van der Waals surface area contributed by atoms with Gasteiger partial charge in [-0.1, -0.05) is 11.8 Å². The predicted molar refractivity (Wildman–Crippen MR) is 112 cm³/mol. The van der Waals surface area contributed by atoms with Gasteiger partial charge in [-0.15, -0.1) is 0 Å². The van der Waals surface area contributed by atoms with Crippen LogP contribution in [0.2, 0.25) is 0 Å². The van der Waals surface area contributed by atoms with E-state index in [2.05, 4.69) is 15.3 Å². The number of aromatic nitrogens is 2. The van der Waals surface area contributed by atoms with Gasteiger partial charge in [-0.2, -0.15) is 13.2 Å². The number of likely N-dealkylation sites (tertiary alicyclic amines) is 1. The molecule has 0 bridgehead atoms. The van der Waals surface area contributed by atoms with E-state index in [0.29, 0.717) is 35.3 Å². The highest BCUT2D eigenvalue weighted by Crippen LogP contribution is 2.44. The number of nitrogens with two attached hydrogens (primary N) is 2. The fourth-order valence-electron chi connectivity index (χ4n) is 3.46. The number of thioether (sulfide) groups is 1. The number of fused-ring (bicyclic) bond motifs is 1. The van der Waals surface area contributed by atoms with Crippen molar-refractivity contribution in [2.45, 2.75) is 30.0 Å². The van der Waals surface area contributed by atoms with Crippen molar-refractivity contribution < 1.29 is 22.8 Å². The number of benzene rings is 1. The van der Waals surface area contributed by atoms with Crippen LogP contribution in [-0.4, -0.2) is 45.8 Å². The molecule has 8 nitrogen and oxygen atoms in total. The number of anilines is 1. The molecule has 1 fully saturated rings. The van der Waals surface area contributed by atoms with Crippen molar-refractivity contribution in [1.29, 1.82) is 0 Å². The van der Waals surface area contributed by atoms with Crippen molar-refractivity contribution in [2.24, 2.45) is 11.5 Å². The molecule has 3 heterocycles. The zero-order valence-electron chi connectivity index (χ0n) is 16.6. The molecule has 0 atom stereocenters. The van der Waals surface area contributed by atoms with Crippen molar-refractivity contribution in [3.8, 4) is 0 Å². The molecule has 0 unspecified atom stereocenters. The first-order chi connectivity index (χ1) is 15.1. The highest BCUT2D eigenvalue weighted by Gasteiger charge is 2.34. The molecule has 2 aliphatic rings. The van der Waals surface area contributed by atoms with Crippen LogP contribution in [0, 0.1) is 0 Å². The Morgan fingerprint density at radius 3 is 2.56 bits per heavy atom. The summed E-state index contributed by atoms with van der Waals surface area (Å²) < 4.78 is 39.1.